The van der Waals surface area contributed by atoms with Gasteiger partial charge in [0.25, 0.3) is 0 Å². The van der Waals surface area contributed by atoms with Gasteiger partial charge in [-0.15, -0.1) is 0 Å². The maximum Gasteiger partial charge on any atom is 0.127 e. The minimum Gasteiger partial charge on any atom is -0.385 e. The van der Waals surface area contributed by atoms with Crippen LogP contribution in [-0.2, 0) is 6.42 Å². The van der Waals surface area contributed by atoms with Gasteiger partial charge in [-0.05, 0) is 37.1 Å². The number of anilines is 2. The molecule has 0 aliphatic rings. The number of nitrogens with one attached hydrogen (secondary N) is 2. The number of aromatic nitrogens is 2. The molecule has 0 saturated heterocycles. The molecule has 2 aromatic heterocycles. The lowest BCUT2D eigenvalue weighted by Crippen LogP contribution is -2.06. The van der Waals surface area contributed by atoms with Crippen molar-refractivity contribution in [3.05, 3.63) is 48.4 Å². The first-order chi connectivity index (χ1) is 8.88. The molecule has 0 radical (unpaired) electrons. The van der Waals surface area contributed by atoms with Crippen molar-refractivity contribution >= 4 is 11.5 Å². The number of pyridine rings is 2. The average Bonchev–Trinajstić information content (AvgIpc) is 2.41. The van der Waals surface area contributed by atoms with Crippen LogP contribution in [0.15, 0.2) is 42.9 Å². The largest absolute Gasteiger partial charge is 0.385 e. The molecule has 0 saturated carbocycles. The Hall–Kier alpha value is -2.10. The van der Waals surface area contributed by atoms with Crippen molar-refractivity contribution in [1.29, 1.82) is 0 Å². The minimum atomic E-state index is 0.882. The molecular weight excluding hydrogens is 224 g/mol. The molecule has 2 N–H and O–H groups in total. The number of rotatable bonds is 6. The van der Waals surface area contributed by atoms with Crippen LogP contribution in [-0.4, -0.2) is 23.1 Å². The molecule has 2 heterocycles. The average molecular weight is 242 g/mol. The van der Waals surface area contributed by atoms with Gasteiger partial charge >= 0.3 is 0 Å². The maximum absolute atomic E-state index is 4.24. The molecule has 4 nitrogen and oxygen atoms in total. The molecule has 0 aromatic carbocycles. The molecule has 0 atom stereocenters. The monoisotopic (exact) mass is 242 g/mol. The number of hydrogen-bond acceptors (Lipinski definition) is 4. The first kappa shape index (κ1) is 12.4. The molecule has 0 amide bonds. The molecule has 4 heteroatoms. The highest BCUT2D eigenvalue weighted by atomic mass is 15.0. The zero-order valence-corrected chi connectivity index (χ0v) is 10.6. The van der Waals surface area contributed by atoms with E-state index in [-0.39, 0.29) is 0 Å². The minimum absolute atomic E-state index is 0.882. The van der Waals surface area contributed by atoms with Crippen molar-refractivity contribution in [3.8, 4) is 0 Å². The van der Waals surface area contributed by atoms with Gasteiger partial charge in [-0.25, -0.2) is 4.98 Å². The highest BCUT2D eigenvalue weighted by Gasteiger charge is 1.96. The highest BCUT2D eigenvalue weighted by Crippen LogP contribution is 2.11. The molecule has 18 heavy (non-hydrogen) atoms. The fourth-order valence-corrected chi connectivity index (χ4v) is 1.72. The van der Waals surface area contributed by atoms with Crippen LogP contribution in [0, 0.1) is 0 Å². The van der Waals surface area contributed by atoms with Crippen LogP contribution in [0.2, 0.25) is 0 Å². The van der Waals surface area contributed by atoms with Gasteiger partial charge in [0.2, 0.25) is 0 Å². The summed E-state index contributed by atoms with van der Waals surface area (Å²) in [6.45, 7) is 3.85. The normalized spacial score (nSPS) is 10.1. The van der Waals surface area contributed by atoms with Crippen LogP contribution in [0.5, 0.6) is 0 Å². The van der Waals surface area contributed by atoms with Crippen LogP contribution in [0.25, 0.3) is 0 Å². The van der Waals surface area contributed by atoms with E-state index in [9.17, 15) is 0 Å². The Morgan fingerprint density at radius 3 is 2.67 bits per heavy atom. The molecule has 0 unspecified atom stereocenters. The van der Waals surface area contributed by atoms with Gasteiger partial charge in [0.05, 0.1) is 0 Å². The zero-order chi connectivity index (χ0) is 12.6. The molecular formula is C14H18N4. The summed E-state index contributed by atoms with van der Waals surface area (Å²) in [7, 11) is 0. The number of hydrogen-bond donors (Lipinski definition) is 2. The molecule has 2 rings (SSSR count). The number of nitrogens with zero attached hydrogens (tertiary/aromatic N) is 2. The van der Waals surface area contributed by atoms with Gasteiger partial charge in [-0.1, -0.05) is 0 Å². The van der Waals surface area contributed by atoms with Crippen molar-refractivity contribution in [3.63, 3.8) is 0 Å². The molecule has 0 aliphatic carbocycles. The predicted molar refractivity (Wildman–Crippen MR) is 74.8 cm³/mol. The van der Waals surface area contributed by atoms with Gasteiger partial charge < -0.3 is 10.6 Å². The summed E-state index contributed by atoms with van der Waals surface area (Å²) in [6, 6.07) is 8.08. The lowest BCUT2D eigenvalue weighted by atomic mass is 10.2. The Labute approximate surface area is 107 Å². The van der Waals surface area contributed by atoms with Gasteiger partial charge in [0.1, 0.15) is 5.82 Å². The van der Waals surface area contributed by atoms with Gasteiger partial charge in [0, 0.05) is 43.4 Å². The summed E-state index contributed by atoms with van der Waals surface area (Å²) in [5, 5.41) is 6.59. The van der Waals surface area contributed by atoms with Gasteiger partial charge in [-0.3, -0.25) is 4.98 Å². The quantitative estimate of drug-likeness (QED) is 0.817. The highest BCUT2D eigenvalue weighted by molar-refractivity contribution is 5.51. The third-order valence-corrected chi connectivity index (χ3v) is 2.61. The third-order valence-electron chi connectivity index (χ3n) is 2.61. The third kappa shape index (κ3) is 3.73. The molecule has 0 aliphatic heterocycles. The molecule has 2 aromatic rings. The Balaban J connectivity index is 1.84. The lowest BCUT2D eigenvalue weighted by Gasteiger charge is -2.08. The van der Waals surface area contributed by atoms with Crippen LogP contribution < -0.4 is 10.6 Å². The topological polar surface area (TPSA) is 49.8 Å². The van der Waals surface area contributed by atoms with E-state index in [4.69, 9.17) is 0 Å². The second kappa shape index (κ2) is 6.59. The summed E-state index contributed by atoms with van der Waals surface area (Å²) in [6.07, 6.45) is 6.45. The van der Waals surface area contributed by atoms with E-state index >= 15 is 0 Å². The van der Waals surface area contributed by atoms with Crippen LogP contribution in [0.3, 0.4) is 0 Å². The summed E-state index contributed by atoms with van der Waals surface area (Å²) in [4.78, 5) is 8.24. The summed E-state index contributed by atoms with van der Waals surface area (Å²) < 4.78 is 0. The lowest BCUT2D eigenvalue weighted by molar-refractivity contribution is 1.01. The fourth-order valence-electron chi connectivity index (χ4n) is 1.72. The van der Waals surface area contributed by atoms with E-state index in [0.29, 0.717) is 0 Å². The first-order valence-electron chi connectivity index (χ1n) is 6.21. The van der Waals surface area contributed by atoms with E-state index in [1.807, 2.05) is 42.9 Å². The van der Waals surface area contributed by atoms with Crippen LogP contribution >= 0.6 is 0 Å². The zero-order valence-electron chi connectivity index (χ0n) is 10.6. The predicted octanol–water partition coefficient (Wildman–Crippen LogP) is 2.56. The molecule has 0 fully saturated rings. The molecule has 0 spiro atoms. The standard InChI is InChI=1S/C14H18N4/c1-2-16-14-11-13(6-10-18-14)17-9-5-12-3-7-15-8-4-12/h3-4,6-8,10-11H,2,5,9H2,1H3,(H2,16,17,18). The van der Waals surface area contributed by atoms with Crippen molar-refractivity contribution < 1.29 is 0 Å². The Morgan fingerprint density at radius 1 is 1.06 bits per heavy atom. The maximum atomic E-state index is 4.24. The van der Waals surface area contributed by atoms with Crippen molar-refractivity contribution in [1.82, 2.24) is 9.97 Å². The molecule has 0 bridgehead atoms. The Morgan fingerprint density at radius 2 is 1.89 bits per heavy atom. The first-order valence-corrected chi connectivity index (χ1v) is 6.21. The van der Waals surface area contributed by atoms with Crippen LogP contribution in [0.1, 0.15) is 12.5 Å². The summed E-state index contributed by atoms with van der Waals surface area (Å²) in [5.74, 6) is 0.909. The van der Waals surface area contributed by atoms with Crippen molar-refractivity contribution in [2.24, 2.45) is 0 Å². The van der Waals surface area contributed by atoms with Gasteiger partial charge in [0.15, 0.2) is 0 Å². The smallest absolute Gasteiger partial charge is 0.127 e. The summed E-state index contributed by atoms with van der Waals surface area (Å²) >= 11 is 0. The molecule has 94 valence electrons. The van der Waals surface area contributed by atoms with Crippen LogP contribution in [0.4, 0.5) is 11.5 Å². The van der Waals surface area contributed by atoms with E-state index in [1.165, 1.54) is 5.56 Å². The second-order valence-electron chi connectivity index (χ2n) is 3.99. The van der Waals surface area contributed by atoms with Crippen molar-refractivity contribution in [2.45, 2.75) is 13.3 Å². The van der Waals surface area contributed by atoms with E-state index in [1.54, 1.807) is 0 Å². The SMILES string of the molecule is CCNc1cc(NCCc2ccncc2)ccn1. The Kier molecular flexibility index (Phi) is 4.53. The van der Waals surface area contributed by atoms with Crippen molar-refractivity contribution in [2.75, 3.05) is 23.7 Å². The summed E-state index contributed by atoms with van der Waals surface area (Å²) in [5.41, 5.74) is 2.38. The van der Waals surface area contributed by atoms with E-state index in [0.717, 1.165) is 31.0 Å². The van der Waals surface area contributed by atoms with E-state index in [2.05, 4.69) is 27.5 Å². The van der Waals surface area contributed by atoms with Gasteiger partial charge in [-0.2, -0.15) is 0 Å². The van der Waals surface area contributed by atoms with E-state index < -0.39 is 0 Å². The fraction of sp³-hybridized carbons (Fsp3) is 0.286. The Bertz CT molecular complexity index is 470. The second-order valence-corrected chi connectivity index (χ2v) is 3.99.